The standard InChI is InChI=1S/C26H25NOS.BrH/c28-25-21-10-4-6-12-23(21)29-24-13-7-5-11-22(24)26(25)15-18-27(19-16-26)17-14-20-8-2-1-3-9-20;/h1-13H,14-19H2;1H. The highest BCUT2D eigenvalue weighted by molar-refractivity contribution is 8.93. The van der Waals surface area contributed by atoms with Crippen LogP contribution in [0.25, 0.3) is 0 Å². The highest BCUT2D eigenvalue weighted by Gasteiger charge is 2.46. The number of hydrogen-bond donors (Lipinski definition) is 0. The first-order chi connectivity index (χ1) is 14.3. The van der Waals surface area contributed by atoms with Gasteiger partial charge in [0, 0.05) is 21.9 Å². The van der Waals surface area contributed by atoms with E-state index in [2.05, 4.69) is 65.6 Å². The predicted molar refractivity (Wildman–Crippen MR) is 129 cm³/mol. The van der Waals surface area contributed by atoms with Gasteiger partial charge in [-0.15, -0.1) is 17.0 Å². The fraction of sp³-hybridized carbons (Fsp3) is 0.269. The molecule has 0 radical (unpaired) electrons. The first-order valence-electron chi connectivity index (χ1n) is 10.4. The second-order valence-electron chi connectivity index (χ2n) is 8.08. The Morgan fingerprint density at radius 2 is 1.43 bits per heavy atom. The van der Waals surface area contributed by atoms with Gasteiger partial charge < -0.3 is 4.90 Å². The van der Waals surface area contributed by atoms with Crippen LogP contribution in [0.3, 0.4) is 0 Å². The lowest BCUT2D eigenvalue weighted by molar-refractivity contribution is 0.0766. The van der Waals surface area contributed by atoms with E-state index in [1.807, 2.05) is 18.2 Å². The van der Waals surface area contributed by atoms with Gasteiger partial charge in [-0.05, 0) is 55.6 Å². The van der Waals surface area contributed by atoms with E-state index in [-0.39, 0.29) is 22.4 Å². The van der Waals surface area contributed by atoms with E-state index in [4.69, 9.17) is 0 Å². The zero-order valence-corrected chi connectivity index (χ0v) is 19.4. The minimum absolute atomic E-state index is 0. The van der Waals surface area contributed by atoms with E-state index in [1.54, 1.807) is 11.8 Å². The number of ketones is 1. The summed E-state index contributed by atoms with van der Waals surface area (Å²) < 4.78 is 0. The summed E-state index contributed by atoms with van der Waals surface area (Å²) in [6, 6.07) is 27.4. The number of carbonyl (C=O) groups excluding carboxylic acids is 1. The number of rotatable bonds is 3. The van der Waals surface area contributed by atoms with Crippen LogP contribution in [0.2, 0.25) is 0 Å². The summed E-state index contributed by atoms with van der Waals surface area (Å²) >= 11 is 1.75. The van der Waals surface area contributed by atoms with Gasteiger partial charge >= 0.3 is 0 Å². The molecule has 0 saturated carbocycles. The SMILES string of the molecule is Br.O=C1c2ccccc2Sc2ccccc2C12CCN(CCc1ccccc1)CC2. The molecule has 5 rings (SSSR count). The molecule has 2 nitrogen and oxygen atoms in total. The Morgan fingerprint density at radius 3 is 2.20 bits per heavy atom. The van der Waals surface area contributed by atoms with Gasteiger partial charge in [-0.3, -0.25) is 4.79 Å². The molecule has 3 aromatic rings. The number of Topliss-reactive ketones (excluding diaryl/α,β-unsaturated/α-hetero) is 1. The normalized spacial score (nSPS) is 17.5. The van der Waals surface area contributed by atoms with Crippen molar-refractivity contribution in [3.8, 4) is 0 Å². The van der Waals surface area contributed by atoms with Crippen molar-refractivity contribution in [2.24, 2.45) is 0 Å². The fourth-order valence-corrected chi connectivity index (χ4v) is 5.95. The van der Waals surface area contributed by atoms with Crippen molar-refractivity contribution in [1.29, 1.82) is 0 Å². The Bertz CT molecular complexity index is 1030. The van der Waals surface area contributed by atoms with Crippen molar-refractivity contribution in [3.63, 3.8) is 0 Å². The second kappa shape index (κ2) is 9.09. The number of fused-ring (bicyclic) bond motifs is 3. The Labute approximate surface area is 193 Å². The quantitative estimate of drug-likeness (QED) is 0.446. The van der Waals surface area contributed by atoms with Crippen LogP contribution >= 0.6 is 28.7 Å². The highest BCUT2D eigenvalue weighted by atomic mass is 79.9. The zero-order chi connectivity index (χ0) is 19.7. The van der Waals surface area contributed by atoms with Crippen LogP contribution in [0.5, 0.6) is 0 Å². The van der Waals surface area contributed by atoms with Crippen LogP contribution in [-0.2, 0) is 11.8 Å². The van der Waals surface area contributed by atoms with Crippen LogP contribution in [0.4, 0.5) is 0 Å². The molecule has 2 aliphatic heterocycles. The molecule has 0 aliphatic carbocycles. The minimum atomic E-state index is -0.389. The molecule has 0 atom stereocenters. The monoisotopic (exact) mass is 479 g/mol. The Balaban J connectivity index is 0.00000218. The molecule has 1 fully saturated rings. The molecule has 30 heavy (non-hydrogen) atoms. The lowest BCUT2D eigenvalue weighted by atomic mass is 9.68. The van der Waals surface area contributed by atoms with Gasteiger partial charge in [-0.25, -0.2) is 0 Å². The summed E-state index contributed by atoms with van der Waals surface area (Å²) in [5, 5.41) is 0. The summed E-state index contributed by atoms with van der Waals surface area (Å²) in [7, 11) is 0. The van der Waals surface area contributed by atoms with Crippen LogP contribution in [0.1, 0.15) is 34.3 Å². The van der Waals surface area contributed by atoms with Crippen molar-refractivity contribution in [2.45, 2.75) is 34.5 Å². The molecular weight excluding hydrogens is 454 g/mol. The Kier molecular flexibility index (Phi) is 6.47. The largest absolute Gasteiger partial charge is 0.303 e. The predicted octanol–water partition coefficient (Wildman–Crippen LogP) is 6.19. The third-order valence-corrected chi connectivity index (χ3v) is 7.61. The van der Waals surface area contributed by atoms with E-state index in [1.165, 1.54) is 16.0 Å². The summed E-state index contributed by atoms with van der Waals surface area (Å²) in [6.07, 6.45) is 2.86. The van der Waals surface area contributed by atoms with Crippen LogP contribution in [0.15, 0.2) is 88.7 Å². The number of carbonyl (C=O) groups is 1. The van der Waals surface area contributed by atoms with Gasteiger partial charge in [-0.2, -0.15) is 0 Å². The van der Waals surface area contributed by atoms with E-state index in [0.717, 1.165) is 49.4 Å². The van der Waals surface area contributed by atoms with Crippen molar-refractivity contribution >= 4 is 34.5 Å². The number of likely N-dealkylation sites (tertiary alicyclic amines) is 1. The van der Waals surface area contributed by atoms with Gasteiger partial charge in [-0.1, -0.05) is 78.5 Å². The number of benzene rings is 3. The smallest absolute Gasteiger partial charge is 0.174 e. The summed E-state index contributed by atoms with van der Waals surface area (Å²) in [4.78, 5) is 18.7. The molecule has 0 bridgehead atoms. The molecule has 1 spiro atoms. The van der Waals surface area contributed by atoms with Crippen LogP contribution < -0.4 is 0 Å². The molecule has 1 saturated heterocycles. The van der Waals surface area contributed by atoms with Crippen molar-refractivity contribution in [2.75, 3.05) is 19.6 Å². The van der Waals surface area contributed by atoms with Crippen LogP contribution in [-0.4, -0.2) is 30.3 Å². The molecule has 2 heterocycles. The third-order valence-electron chi connectivity index (χ3n) is 6.46. The maximum atomic E-state index is 13.8. The average molecular weight is 480 g/mol. The molecule has 3 aromatic carbocycles. The Morgan fingerprint density at radius 1 is 0.800 bits per heavy atom. The molecule has 0 N–H and O–H groups in total. The van der Waals surface area contributed by atoms with Crippen LogP contribution in [0, 0.1) is 0 Å². The van der Waals surface area contributed by atoms with Gasteiger partial charge in [0.25, 0.3) is 0 Å². The van der Waals surface area contributed by atoms with Crippen molar-refractivity contribution in [1.82, 2.24) is 4.90 Å². The van der Waals surface area contributed by atoms with Gasteiger partial charge in [0.2, 0.25) is 0 Å². The van der Waals surface area contributed by atoms with Crippen molar-refractivity contribution in [3.05, 3.63) is 95.6 Å². The summed E-state index contributed by atoms with van der Waals surface area (Å²) in [5.41, 5.74) is 3.12. The summed E-state index contributed by atoms with van der Waals surface area (Å²) in [6.45, 7) is 3.00. The fourth-order valence-electron chi connectivity index (χ4n) is 4.78. The average Bonchev–Trinajstić information content (AvgIpc) is 2.88. The number of halogens is 1. The first kappa shape index (κ1) is 21.4. The van der Waals surface area contributed by atoms with E-state index in [0.29, 0.717) is 5.78 Å². The van der Waals surface area contributed by atoms with Crippen molar-refractivity contribution < 1.29 is 4.79 Å². The van der Waals surface area contributed by atoms with E-state index in [9.17, 15) is 4.79 Å². The van der Waals surface area contributed by atoms with E-state index >= 15 is 0 Å². The molecule has 4 heteroatoms. The van der Waals surface area contributed by atoms with E-state index < -0.39 is 0 Å². The minimum Gasteiger partial charge on any atom is -0.303 e. The van der Waals surface area contributed by atoms with Gasteiger partial charge in [0.05, 0.1) is 5.41 Å². The third kappa shape index (κ3) is 3.89. The second-order valence-corrected chi connectivity index (χ2v) is 9.17. The van der Waals surface area contributed by atoms with Gasteiger partial charge in [0.1, 0.15) is 0 Å². The number of piperidine rings is 1. The lowest BCUT2D eigenvalue weighted by Crippen LogP contribution is -2.47. The maximum Gasteiger partial charge on any atom is 0.174 e. The molecule has 0 amide bonds. The number of nitrogens with zero attached hydrogens (tertiary/aromatic N) is 1. The molecular formula is C26H26BrNOS. The summed E-state index contributed by atoms with van der Waals surface area (Å²) in [5.74, 6) is 0.313. The highest BCUT2D eigenvalue weighted by Crippen LogP contribution is 2.48. The molecule has 0 aromatic heterocycles. The number of hydrogen-bond acceptors (Lipinski definition) is 3. The molecule has 154 valence electrons. The maximum absolute atomic E-state index is 13.8. The molecule has 2 aliphatic rings. The Hall–Kier alpha value is -1.88. The zero-order valence-electron chi connectivity index (χ0n) is 16.9. The first-order valence-corrected chi connectivity index (χ1v) is 11.3. The molecule has 0 unspecified atom stereocenters. The lowest BCUT2D eigenvalue weighted by Gasteiger charge is -2.41. The van der Waals surface area contributed by atoms with Gasteiger partial charge in [0.15, 0.2) is 5.78 Å². The topological polar surface area (TPSA) is 20.3 Å².